The number of benzene rings is 1. The zero-order chi connectivity index (χ0) is 15.2. The van der Waals surface area contributed by atoms with Crippen molar-refractivity contribution in [3.8, 4) is 5.75 Å². The molecule has 0 aliphatic carbocycles. The molecule has 0 heterocycles. The Morgan fingerprint density at radius 3 is 2.70 bits per heavy atom. The van der Waals surface area contributed by atoms with E-state index in [2.05, 4.69) is 21.2 Å². The zero-order valence-electron chi connectivity index (χ0n) is 12.5. The normalized spacial score (nSPS) is 11.1. The Morgan fingerprint density at radius 2 is 2.05 bits per heavy atom. The second-order valence-corrected chi connectivity index (χ2v) is 6.35. The maximum atomic E-state index is 11.4. The molecule has 0 spiro atoms. The lowest BCUT2D eigenvalue weighted by molar-refractivity contribution is 0.0525. The summed E-state index contributed by atoms with van der Waals surface area (Å²) in [5, 5.41) is 2.70. The van der Waals surface area contributed by atoms with Crippen molar-refractivity contribution in [2.24, 2.45) is 0 Å². The highest BCUT2D eigenvalue weighted by molar-refractivity contribution is 9.10. The number of hydrogen-bond acceptors (Lipinski definition) is 3. The molecule has 0 aliphatic rings. The second-order valence-electron chi connectivity index (χ2n) is 5.49. The smallest absolute Gasteiger partial charge is 0.407 e. The molecule has 0 bridgehead atoms. The van der Waals surface area contributed by atoms with Crippen molar-refractivity contribution < 1.29 is 14.3 Å². The Balaban J connectivity index is 2.23. The van der Waals surface area contributed by atoms with Crippen LogP contribution in [0, 0.1) is 6.92 Å². The minimum absolute atomic E-state index is 0.392. The minimum atomic E-state index is -0.464. The van der Waals surface area contributed by atoms with Gasteiger partial charge in [0.05, 0.1) is 6.61 Å². The van der Waals surface area contributed by atoms with Gasteiger partial charge >= 0.3 is 6.09 Å². The summed E-state index contributed by atoms with van der Waals surface area (Å²) in [6, 6.07) is 5.85. The number of carbonyl (C=O) groups is 1. The monoisotopic (exact) mass is 343 g/mol. The van der Waals surface area contributed by atoms with Crippen LogP contribution in [0.3, 0.4) is 0 Å². The van der Waals surface area contributed by atoms with Crippen LogP contribution in [-0.2, 0) is 4.74 Å². The first-order valence-corrected chi connectivity index (χ1v) is 7.43. The van der Waals surface area contributed by atoms with E-state index in [-0.39, 0.29) is 0 Å². The minimum Gasteiger partial charge on any atom is -0.493 e. The zero-order valence-corrected chi connectivity index (χ0v) is 14.0. The van der Waals surface area contributed by atoms with Crippen LogP contribution in [0.2, 0.25) is 0 Å². The molecule has 1 amide bonds. The summed E-state index contributed by atoms with van der Waals surface area (Å²) >= 11 is 3.46. The van der Waals surface area contributed by atoms with Crippen molar-refractivity contribution in [2.45, 2.75) is 39.7 Å². The Bertz CT molecular complexity index is 455. The van der Waals surface area contributed by atoms with E-state index in [1.54, 1.807) is 0 Å². The van der Waals surface area contributed by atoms with Gasteiger partial charge in [-0.15, -0.1) is 0 Å². The predicted molar refractivity (Wildman–Crippen MR) is 83.2 cm³/mol. The molecule has 1 aromatic rings. The molecule has 112 valence electrons. The van der Waals surface area contributed by atoms with Crippen LogP contribution in [0.4, 0.5) is 4.79 Å². The Kier molecular flexibility index (Phi) is 6.33. The quantitative estimate of drug-likeness (QED) is 0.820. The molecular formula is C15H22BrNO3. The fourth-order valence-corrected chi connectivity index (χ4v) is 1.85. The summed E-state index contributed by atoms with van der Waals surface area (Å²) in [5.41, 5.74) is 0.612. The van der Waals surface area contributed by atoms with Crippen LogP contribution < -0.4 is 10.1 Å². The van der Waals surface area contributed by atoms with E-state index in [4.69, 9.17) is 9.47 Å². The Labute approximate surface area is 129 Å². The number of halogens is 1. The topological polar surface area (TPSA) is 47.6 Å². The molecule has 5 heteroatoms. The van der Waals surface area contributed by atoms with Gasteiger partial charge in [-0.2, -0.15) is 0 Å². The molecule has 1 rings (SSSR count). The van der Waals surface area contributed by atoms with Crippen molar-refractivity contribution in [3.05, 3.63) is 28.2 Å². The highest BCUT2D eigenvalue weighted by Crippen LogP contribution is 2.25. The van der Waals surface area contributed by atoms with Crippen molar-refractivity contribution in [1.29, 1.82) is 0 Å². The average Bonchev–Trinajstić information content (AvgIpc) is 2.31. The van der Waals surface area contributed by atoms with Crippen LogP contribution in [0.1, 0.15) is 32.8 Å². The van der Waals surface area contributed by atoms with Gasteiger partial charge in [-0.3, -0.25) is 0 Å². The molecule has 4 nitrogen and oxygen atoms in total. The number of amides is 1. The van der Waals surface area contributed by atoms with Crippen LogP contribution >= 0.6 is 15.9 Å². The first-order valence-electron chi connectivity index (χ1n) is 6.64. The summed E-state index contributed by atoms with van der Waals surface area (Å²) in [4.78, 5) is 11.4. The van der Waals surface area contributed by atoms with Gasteiger partial charge in [0.25, 0.3) is 0 Å². The molecule has 0 radical (unpaired) electrons. The van der Waals surface area contributed by atoms with Crippen molar-refractivity contribution in [1.82, 2.24) is 5.32 Å². The molecule has 0 atom stereocenters. The molecule has 1 N–H and O–H groups in total. The van der Waals surface area contributed by atoms with Gasteiger partial charge in [0.2, 0.25) is 0 Å². The first kappa shape index (κ1) is 16.8. The molecule has 20 heavy (non-hydrogen) atoms. The molecule has 0 aliphatic heterocycles. The van der Waals surface area contributed by atoms with Gasteiger partial charge in [0.15, 0.2) is 0 Å². The number of nitrogens with one attached hydrogen (secondary N) is 1. The van der Waals surface area contributed by atoms with E-state index < -0.39 is 11.7 Å². The average molecular weight is 344 g/mol. The molecule has 0 saturated carbocycles. The summed E-state index contributed by atoms with van der Waals surface area (Å²) in [5.74, 6) is 0.858. The number of carbonyl (C=O) groups excluding carboxylic acids is 1. The largest absolute Gasteiger partial charge is 0.493 e. The summed E-state index contributed by atoms with van der Waals surface area (Å²) < 4.78 is 11.8. The van der Waals surface area contributed by atoms with E-state index in [0.29, 0.717) is 13.2 Å². The van der Waals surface area contributed by atoms with Crippen LogP contribution in [0.15, 0.2) is 22.7 Å². The predicted octanol–water partition coefficient (Wildman–Crippen LogP) is 4.05. The van der Waals surface area contributed by atoms with Gasteiger partial charge < -0.3 is 14.8 Å². The van der Waals surface area contributed by atoms with E-state index in [9.17, 15) is 4.79 Å². The number of alkyl carbamates (subject to hydrolysis) is 1. The maximum absolute atomic E-state index is 11.4. The summed E-state index contributed by atoms with van der Waals surface area (Å²) in [7, 11) is 0. The second kappa shape index (κ2) is 7.53. The van der Waals surface area contributed by atoms with E-state index in [1.165, 1.54) is 0 Å². The molecule has 0 fully saturated rings. The summed E-state index contributed by atoms with van der Waals surface area (Å²) in [6.45, 7) is 8.59. The fraction of sp³-hybridized carbons (Fsp3) is 0.533. The number of ether oxygens (including phenoxy) is 2. The third-order valence-corrected chi connectivity index (χ3v) is 3.32. The number of rotatable bonds is 5. The standard InChI is InChI=1S/C15H22BrNO3/c1-11-12(16)7-5-8-13(11)19-10-6-9-17-14(18)20-15(2,3)4/h5,7-8H,6,9-10H2,1-4H3,(H,17,18). The third-order valence-electron chi connectivity index (χ3n) is 2.46. The lowest BCUT2D eigenvalue weighted by Crippen LogP contribution is -2.33. The van der Waals surface area contributed by atoms with Crippen molar-refractivity contribution in [2.75, 3.05) is 13.2 Å². The highest BCUT2D eigenvalue weighted by atomic mass is 79.9. The molecular weight excluding hydrogens is 322 g/mol. The van der Waals surface area contributed by atoms with Crippen LogP contribution in [-0.4, -0.2) is 24.8 Å². The number of hydrogen-bond donors (Lipinski definition) is 1. The molecule has 0 unspecified atom stereocenters. The lowest BCUT2D eigenvalue weighted by Gasteiger charge is -2.19. The van der Waals surface area contributed by atoms with E-state index in [0.717, 1.165) is 22.2 Å². The fourth-order valence-electron chi connectivity index (χ4n) is 1.50. The van der Waals surface area contributed by atoms with E-state index in [1.807, 2.05) is 45.9 Å². The Morgan fingerprint density at radius 1 is 1.35 bits per heavy atom. The molecule has 0 saturated heterocycles. The van der Waals surface area contributed by atoms with Gasteiger partial charge in [-0.25, -0.2) is 4.79 Å². The van der Waals surface area contributed by atoms with Gasteiger partial charge in [-0.05, 0) is 46.2 Å². The Hall–Kier alpha value is -1.23. The maximum Gasteiger partial charge on any atom is 0.407 e. The molecule has 0 aromatic heterocycles. The molecule has 1 aromatic carbocycles. The van der Waals surface area contributed by atoms with Crippen molar-refractivity contribution >= 4 is 22.0 Å². The van der Waals surface area contributed by atoms with Gasteiger partial charge in [0.1, 0.15) is 11.4 Å². The third kappa shape index (κ3) is 6.28. The lowest BCUT2D eigenvalue weighted by atomic mass is 10.2. The SMILES string of the molecule is Cc1c(Br)cccc1OCCCNC(=O)OC(C)(C)C. The van der Waals surface area contributed by atoms with E-state index >= 15 is 0 Å². The van der Waals surface area contributed by atoms with Gasteiger partial charge in [-0.1, -0.05) is 22.0 Å². The first-order chi connectivity index (χ1) is 9.29. The highest BCUT2D eigenvalue weighted by Gasteiger charge is 2.15. The van der Waals surface area contributed by atoms with Gasteiger partial charge in [0, 0.05) is 16.6 Å². The van der Waals surface area contributed by atoms with Crippen LogP contribution in [0.5, 0.6) is 5.75 Å². The van der Waals surface area contributed by atoms with Crippen LogP contribution in [0.25, 0.3) is 0 Å². The summed E-state index contributed by atoms with van der Waals surface area (Å²) in [6.07, 6.45) is 0.335. The van der Waals surface area contributed by atoms with Crippen molar-refractivity contribution in [3.63, 3.8) is 0 Å².